The highest BCUT2D eigenvalue weighted by Crippen LogP contribution is 2.25. The minimum atomic E-state index is -0.796. The second-order valence-electron chi connectivity index (χ2n) is 5.11. The van der Waals surface area contributed by atoms with Crippen molar-refractivity contribution in [3.8, 4) is 0 Å². The zero-order chi connectivity index (χ0) is 16.0. The standard InChI is InChI=1S/C13H12N4O5/c1-15-10-6-7(17(21)22)2-3-8(10)16(13(15)20)9-4-5-11(18)14-12(9)19/h2-3,6,9H,4-5H2,1H3,(H,14,18,19). The third kappa shape index (κ3) is 1.98. The number of carbonyl (C=O) groups excluding carboxylic acids is 2. The van der Waals surface area contributed by atoms with Crippen molar-refractivity contribution in [3.63, 3.8) is 0 Å². The Labute approximate surface area is 123 Å². The number of nitrogens with zero attached hydrogens (tertiary/aromatic N) is 3. The Morgan fingerprint density at radius 1 is 1.27 bits per heavy atom. The van der Waals surface area contributed by atoms with Crippen LogP contribution in [0.25, 0.3) is 11.0 Å². The predicted molar refractivity (Wildman–Crippen MR) is 75.3 cm³/mol. The number of imide groups is 1. The number of amides is 2. The number of nitro groups is 1. The number of nitrogens with one attached hydrogen (secondary N) is 1. The summed E-state index contributed by atoms with van der Waals surface area (Å²) in [6, 6.07) is 3.22. The van der Waals surface area contributed by atoms with Crippen molar-refractivity contribution < 1.29 is 14.5 Å². The highest BCUT2D eigenvalue weighted by molar-refractivity contribution is 6.00. The lowest BCUT2D eigenvalue weighted by Crippen LogP contribution is -2.44. The maximum atomic E-state index is 12.4. The summed E-state index contributed by atoms with van der Waals surface area (Å²) < 4.78 is 2.53. The SMILES string of the molecule is Cn1c(=O)n(C2CCC(=O)NC2=O)c2ccc([N+](=O)[O-])cc21. The first-order chi connectivity index (χ1) is 10.4. The Hall–Kier alpha value is -2.97. The van der Waals surface area contributed by atoms with Gasteiger partial charge in [0.25, 0.3) is 5.69 Å². The molecule has 1 N–H and O–H groups in total. The summed E-state index contributed by atoms with van der Waals surface area (Å²) >= 11 is 0. The van der Waals surface area contributed by atoms with E-state index in [2.05, 4.69) is 5.32 Å². The summed E-state index contributed by atoms with van der Waals surface area (Å²) in [6.07, 6.45) is 0.368. The van der Waals surface area contributed by atoms with E-state index in [-0.39, 0.29) is 24.4 Å². The zero-order valence-electron chi connectivity index (χ0n) is 11.6. The Balaban J connectivity index is 2.20. The van der Waals surface area contributed by atoms with Crippen LogP contribution < -0.4 is 11.0 Å². The molecule has 9 nitrogen and oxygen atoms in total. The summed E-state index contributed by atoms with van der Waals surface area (Å²) in [5.74, 6) is -0.908. The predicted octanol–water partition coefficient (Wildman–Crippen LogP) is 0.226. The zero-order valence-corrected chi connectivity index (χ0v) is 11.6. The lowest BCUT2D eigenvalue weighted by molar-refractivity contribution is -0.384. The maximum absolute atomic E-state index is 12.4. The maximum Gasteiger partial charge on any atom is 0.329 e. The van der Waals surface area contributed by atoms with Gasteiger partial charge in [-0.05, 0) is 12.5 Å². The molecule has 114 valence electrons. The number of aryl methyl sites for hydroxylation is 1. The second-order valence-corrected chi connectivity index (χ2v) is 5.11. The van der Waals surface area contributed by atoms with E-state index in [4.69, 9.17) is 0 Å². The first-order valence-electron chi connectivity index (χ1n) is 6.59. The van der Waals surface area contributed by atoms with Gasteiger partial charge in [-0.25, -0.2) is 4.79 Å². The number of fused-ring (bicyclic) bond motifs is 1. The molecule has 1 unspecified atom stereocenters. The van der Waals surface area contributed by atoms with Crippen molar-refractivity contribution in [2.75, 3.05) is 0 Å². The van der Waals surface area contributed by atoms with Crippen molar-refractivity contribution in [2.45, 2.75) is 18.9 Å². The van der Waals surface area contributed by atoms with Crippen molar-refractivity contribution in [3.05, 3.63) is 38.8 Å². The highest BCUT2D eigenvalue weighted by atomic mass is 16.6. The number of piperidine rings is 1. The molecule has 0 aliphatic carbocycles. The molecule has 1 aliphatic heterocycles. The minimum Gasteiger partial charge on any atom is -0.295 e. The third-order valence-corrected chi connectivity index (χ3v) is 3.81. The van der Waals surface area contributed by atoms with E-state index in [1.54, 1.807) is 0 Å². The van der Waals surface area contributed by atoms with Gasteiger partial charge < -0.3 is 0 Å². The van der Waals surface area contributed by atoms with Gasteiger partial charge >= 0.3 is 5.69 Å². The van der Waals surface area contributed by atoms with Gasteiger partial charge in [-0.3, -0.25) is 34.2 Å². The van der Waals surface area contributed by atoms with Crippen LogP contribution >= 0.6 is 0 Å². The quantitative estimate of drug-likeness (QED) is 0.484. The molecule has 1 aromatic heterocycles. The van der Waals surface area contributed by atoms with Crippen LogP contribution in [0.4, 0.5) is 5.69 Å². The van der Waals surface area contributed by atoms with Gasteiger partial charge in [0.2, 0.25) is 11.8 Å². The van der Waals surface area contributed by atoms with Crippen LogP contribution in [0.5, 0.6) is 0 Å². The molecule has 0 saturated carbocycles. The average molecular weight is 304 g/mol. The van der Waals surface area contributed by atoms with Gasteiger partial charge in [-0.1, -0.05) is 0 Å². The summed E-state index contributed by atoms with van der Waals surface area (Å²) in [7, 11) is 1.48. The largest absolute Gasteiger partial charge is 0.329 e. The lowest BCUT2D eigenvalue weighted by Gasteiger charge is -2.21. The molecule has 9 heteroatoms. The van der Waals surface area contributed by atoms with Crippen LogP contribution in [0.15, 0.2) is 23.0 Å². The van der Waals surface area contributed by atoms with Gasteiger partial charge in [0.15, 0.2) is 0 Å². The monoisotopic (exact) mass is 304 g/mol. The number of benzene rings is 1. The van der Waals surface area contributed by atoms with Crippen LogP contribution in [-0.4, -0.2) is 25.9 Å². The number of non-ortho nitro benzene ring substituents is 1. The van der Waals surface area contributed by atoms with E-state index in [0.29, 0.717) is 11.0 Å². The molecule has 22 heavy (non-hydrogen) atoms. The van der Waals surface area contributed by atoms with E-state index < -0.39 is 22.6 Å². The van der Waals surface area contributed by atoms with Gasteiger partial charge in [0.1, 0.15) is 6.04 Å². The Morgan fingerprint density at radius 2 is 2.00 bits per heavy atom. The Morgan fingerprint density at radius 3 is 2.64 bits per heavy atom. The summed E-state index contributed by atoms with van der Waals surface area (Å²) in [5, 5.41) is 13.1. The molecule has 2 heterocycles. The summed E-state index contributed by atoms with van der Waals surface area (Å²) in [5.41, 5.74) is 0.199. The number of nitro benzene ring substituents is 1. The van der Waals surface area contributed by atoms with Crippen LogP contribution in [0, 0.1) is 10.1 Å². The molecule has 2 aromatic rings. The Kier molecular flexibility index (Phi) is 3.05. The molecule has 2 amide bonds. The molecular formula is C13H12N4O5. The number of imidazole rings is 1. The topological polar surface area (TPSA) is 116 Å². The van der Waals surface area contributed by atoms with E-state index in [1.807, 2.05) is 0 Å². The molecule has 1 fully saturated rings. The molecule has 3 rings (SSSR count). The van der Waals surface area contributed by atoms with Crippen molar-refractivity contribution in [1.82, 2.24) is 14.5 Å². The molecule has 0 spiro atoms. The molecule has 1 saturated heterocycles. The van der Waals surface area contributed by atoms with Crippen LogP contribution in [0.3, 0.4) is 0 Å². The van der Waals surface area contributed by atoms with Gasteiger partial charge in [-0.2, -0.15) is 0 Å². The van der Waals surface area contributed by atoms with Crippen molar-refractivity contribution in [1.29, 1.82) is 0 Å². The van der Waals surface area contributed by atoms with Crippen LogP contribution in [-0.2, 0) is 16.6 Å². The van der Waals surface area contributed by atoms with E-state index in [1.165, 1.54) is 34.4 Å². The average Bonchev–Trinajstić information content (AvgIpc) is 2.71. The number of carbonyl (C=O) groups is 2. The minimum absolute atomic E-state index is 0.136. The van der Waals surface area contributed by atoms with Crippen LogP contribution in [0.1, 0.15) is 18.9 Å². The number of hydrogen-bond donors (Lipinski definition) is 1. The van der Waals surface area contributed by atoms with Gasteiger partial charge in [-0.15, -0.1) is 0 Å². The number of rotatable bonds is 2. The molecule has 0 bridgehead atoms. The first kappa shape index (κ1) is 14.0. The lowest BCUT2D eigenvalue weighted by atomic mass is 10.1. The first-order valence-corrected chi connectivity index (χ1v) is 6.59. The van der Waals surface area contributed by atoms with Crippen molar-refractivity contribution >= 4 is 28.5 Å². The molecule has 0 radical (unpaired) electrons. The number of hydrogen-bond acceptors (Lipinski definition) is 5. The molecule has 1 aliphatic rings. The van der Waals surface area contributed by atoms with Crippen LogP contribution in [0.2, 0.25) is 0 Å². The second kappa shape index (κ2) is 4.79. The van der Waals surface area contributed by atoms with E-state index in [9.17, 15) is 24.5 Å². The summed E-state index contributed by atoms with van der Waals surface area (Å²) in [6.45, 7) is 0. The molecule has 1 atom stereocenters. The van der Waals surface area contributed by atoms with E-state index >= 15 is 0 Å². The normalized spacial score (nSPS) is 18.5. The van der Waals surface area contributed by atoms with E-state index in [0.717, 1.165) is 0 Å². The highest BCUT2D eigenvalue weighted by Gasteiger charge is 2.31. The van der Waals surface area contributed by atoms with Crippen molar-refractivity contribution in [2.24, 2.45) is 7.05 Å². The van der Waals surface area contributed by atoms with Gasteiger partial charge in [0.05, 0.1) is 16.0 Å². The Bertz CT molecular complexity index is 878. The smallest absolute Gasteiger partial charge is 0.295 e. The fourth-order valence-electron chi connectivity index (χ4n) is 2.70. The molecule has 1 aromatic carbocycles. The fraction of sp³-hybridized carbons (Fsp3) is 0.308. The van der Waals surface area contributed by atoms with Gasteiger partial charge in [0, 0.05) is 25.6 Å². The third-order valence-electron chi connectivity index (χ3n) is 3.81. The summed E-state index contributed by atoms with van der Waals surface area (Å²) in [4.78, 5) is 45.9. The fourth-order valence-corrected chi connectivity index (χ4v) is 2.70. The molecular weight excluding hydrogens is 292 g/mol. The number of aromatic nitrogens is 2.